The van der Waals surface area contributed by atoms with E-state index in [0.29, 0.717) is 23.6 Å². The van der Waals surface area contributed by atoms with E-state index < -0.39 is 0 Å². The Morgan fingerprint density at radius 2 is 1.92 bits per heavy atom. The maximum atomic E-state index is 6.39. The first-order chi connectivity index (χ1) is 11.3. The van der Waals surface area contributed by atoms with Crippen LogP contribution in [0.3, 0.4) is 0 Å². The molecule has 0 spiro atoms. The van der Waals surface area contributed by atoms with Gasteiger partial charge in [-0.1, -0.05) is 29.4 Å². The fraction of sp³-hybridized carbons (Fsp3) is 0.389. The van der Waals surface area contributed by atoms with E-state index in [9.17, 15) is 0 Å². The van der Waals surface area contributed by atoms with Crippen molar-refractivity contribution in [3.63, 3.8) is 0 Å². The molecule has 4 atom stereocenters. The number of nitrogens with zero attached hydrogens (tertiary/aromatic N) is 3. The van der Waals surface area contributed by atoms with Crippen molar-refractivity contribution < 1.29 is 4.52 Å². The second-order valence-electron chi connectivity index (χ2n) is 6.77. The lowest BCUT2D eigenvalue weighted by Gasteiger charge is -2.24. The summed E-state index contributed by atoms with van der Waals surface area (Å²) >= 11 is 0. The maximum absolute atomic E-state index is 6.39. The number of halogens is 1. The van der Waals surface area contributed by atoms with E-state index in [1.165, 1.54) is 19.3 Å². The van der Waals surface area contributed by atoms with Gasteiger partial charge in [0, 0.05) is 17.6 Å². The van der Waals surface area contributed by atoms with Gasteiger partial charge in [0.1, 0.15) is 5.69 Å². The highest BCUT2D eigenvalue weighted by Crippen LogP contribution is 2.51. The highest BCUT2D eigenvalue weighted by atomic mass is 35.5. The van der Waals surface area contributed by atoms with Crippen LogP contribution >= 0.6 is 12.4 Å². The number of aromatic nitrogens is 3. The van der Waals surface area contributed by atoms with Gasteiger partial charge < -0.3 is 10.3 Å². The first-order valence-corrected chi connectivity index (χ1v) is 8.24. The van der Waals surface area contributed by atoms with Crippen molar-refractivity contribution in [1.29, 1.82) is 0 Å². The average molecular weight is 343 g/mol. The van der Waals surface area contributed by atoms with Crippen LogP contribution in [0.5, 0.6) is 0 Å². The molecule has 2 saturated carbocycles. The highest BCUT2D eigenvalue weighted by Gasteiger charge is 2.48. The fourth-order valence-electron chi connectivity index (χ4n) is 4.47. The number of fused-ring (bicyclic) bond motifs is 3. The van der Waals surface area contributed by atoms with Gasteiger partial charge in [0.25, 0.3) is 0 Å². The summed E-state index contributed by atoms with van der Waals surface area (Å²) < 4.78 is 5.59. The molecule has 124 valence electrons. The van der Waals surface area contributed by atoms with Gasteiger partial charge >= 0.3 is 0 Å². The SMILES string of the molecule is Cl.NC1C2CCC(C2)C1c1nc(-c2nccc3ccccc23)no1. The number of rotatable bonds is 2. The van der Waals surface area contributed by atoms with Crippen molar-refractivity contribution in [2.24, 2.45) is 17.6 Å². The van der Waals surface area contributed by atoms with Crippen molar-refractivity contribution in [1.82, 2.24) is 15.1 Å². The van der Waals surface area contributed by atoms with E-state index in [-0.39, 0.29) is 24.4 Å². The molecular weight excluding hydrogens is 324 g/mol. The van der Waals surface area contributed by atoms with Crippen LogP contribution in [0.25, 0.3) is 22.3 Å². The van der Waals surface area contributed by atoms with Gasteiger partial charge in [0.05, 0.1) is 5.92 Å². The second-order valence-corrected chi connectivity index (χ2v) is 6.77. The van der Waals surface area contributed by atoms with Gasteiger partial charge in [-0.25, -0.2) is 0 Å². The summed E-state index contributed by atoms with van der Waals surface area (Å²) in [6.45, 7) is 0. The van der Waals surface area contributed by atoms with Crippen LogP contribution in [0.15, 0.2) is 41.1 Å². The molecule has 2 bridgehead atoms. The number of hydrogen-bond acceptors (Lipinski definition) is 5. The Balaban J connectivity index is 0.00000146. The molecule has 2 aliphatic rings. The topological polar surface area (TPSA) is 77.8 Å². The van der Waals surface area contributed by atoms with Gasteiger partial charge in [-0.15, -0.1) is 12.4 Å². The minimum absolute atomic E-state index is 0. The Hall–Kier alpha value is -1.98. The molecule has 3 aromatic rings. The van der Waals surface area contributed by atoms with E-state index in [4.69, 9.17) is 10.3 Å². The van der Waals surface area contributed by atoms with E-state index >= 15 is 0 Å². The third kappa shape index (κ3) is 2.23. The molecule has 2 aliphatic carbocycles. The number of hydrogen-bond donors (Lipinski definition) is 1. The van der Waals surface area contributed by atoms with Crippen LogP contribution in [0.2, 0.25) is 0 Å². The van der Waals surface area contributed by atoms with Crippen molar-refractivity contribution in [3.8, 4) is 11.5 Å². The Morgan fingerprint density at radius 3 is 2.75 bits per heavy atom. The van der Waals surface area contributed by atoms with Crippen molar-refractivity contribution >= 4 is 23.2 Å². The van der Waals surface area contributed by atoms with Crippen LogP contribution in [0, 0.1) is 11.8 Å². The van der Waals surface area contributed by atoms with Gasteiger partial charge in [-0.3, -0.25) is 4.98 Å². The largest absolute Gasteiger partial charge is 0.339 e. The monoisotopic (exact) mass is 342 g/mol. The van der Waals surface area contributed by atoms with E-state index in [0.717, 1.165) is 16.5 Å². The summed E-state index contributed by atoms with van der Waals surface area (Å²) in [7, 11) is 0. The Morgan fingerprint density at radius 1 is 1.08 bits per heavy atom. The molecule has 2 aromatic heterocycles. The minimum Gasteiger partial charge on any atom is -0.339 e. The highest BCUT2D eigenvalue weighted by molar-refractivity contribution is 5.92. The van der Waals surface area contributed by atoms with Crippen molar-refractivity contribution in [3.05, 3.63) is 42.4 Å². The van der Waals surface area contributed by atoms with Gasteiger partial charge in [0.15, 0.2) is 0 Å². The standard InChI is InChI=1S/C18H18N4O.ClH/c19-15-12-6-5-11(9-12)14(15)18-21-17(22-23-18)16-13-4-2-1-3-10(13)7-8-20-16;/h1-4,7-8,11-12,14-15H,5-6,9,19H2;1H. The molecule has 2 fully saturated rings. The lowest BCUT2D eigenvalue weighted by molar-refractivity contribution is 0.279. The lowest BCUT2D eigenvalue weighted by Crippen LogP contribution is -2.34. The van der Waals surface area contributed by atoms with Crippen LogP contribution in [-0.4, -0.2) is 21.2 Å². The molecule has 0 aliphatic heterocycles. The Kier molecular flexibility index (Phi) is 3.77. The molecule has 0 saturated heterocycles. The average Bonchev–Trinajstić information content (AvgIpc) is 3.30. The first-order valence-electron chi connectivity index (χ1n) is 8.24. The second kappa shape index (κ2) is 5.83. The number of pyridine rings is 1. The quantitative estimate of drug-likeness (QED) is 0.770. The molecule has 2 N–H and O–H groups in total. The Labute approximate surface area is 146 Å². The van der Waals surface area contributed by atoms with Crippen LogP contribution in [-0.2, 0) is 0 Å². The number of benzene rings is 1. The van der Waals surface area contributed by atoms with E-state index in [1.807, 2.05) is 24.3 Å². The molecule has 4 unspecified atom stereocenters. The lowest BCUT2D eigenvalue weighted by atomic mass is 9.85. The van der Waals surface area contributed by atoms with Gasteiger partial charge in [-0.05, 0) is 42.6 Å². The summed E-state index contributed by atoms with van der Waals surface area (Å²) in [5, 5.41) is 6.36. The third-order valence-corrected chi connectivity index (χ3v) is 5.59. The van der Waals surface area contributed by atoms with E-state index in [1.54, 1.807) is 6.20 Å². The zero-order valence-corrected chi connectivity index (χ0v) is 13.9. The normalized spacial score (nSPS) is 28.2. The zero-order chi connectivity index (χ0) is 15.4. The molecule has 1 aromatic carbocycles. The predicted octanol–water partition coefficient (Wildman–Crippen LogP) is 3.55. The number of nitrogens with two attached hydrogens (primary N) is 1. The summed E-state index contributed by atoms with van der Waals surface area (Å²) in [4.78, 5) is 9.13. The smallest absolute Gasteiger partial charge is 0.231 e. The first kappa shape index (κ1) is 15.5. The summed E-state index contributed by atoms with van der Waals surface area (Å²) in [5.41, 5.74) is 7.16. The molecule has 0 amide bonds. The van der Waals surface area contributed by atoms with E-state index in [2.05, 4.69) is 21.2 Å². The van der Waals surface area contributed by atoms with Crippen LogP contribution in [0.1, 0.15) is 31.1 Å². The Bertz CT molecular complexity index is 873. The molecule has 5 rings (SSSR count). The molecule has 2 heterocycles. The van der Waals surface area contributed by atoms with Crippen LogP contribution in [0.4, 0.5) is 0 Å². The van der Waals surface area contributed by atoms with Crippen molar-refractivity contribution in [2.75, 3.05) is 0 Å². The zero-order valence-electron chi connectivity index (χ0n) is 13.1. The molecule has 5 nitrogen and oxygen atoms in total. The minimum atomic E-state index is 0. The van der Waals surface area contributed by atoms with Gasteiger partial charge in [-0.2, -0.15) is 4.98 Å². The van der Waals surface area contributed by atoms with Gasteiger partial charge in [0.2, 0.25) is 11.7 Å². The fourth-order valence-corrected chi connectivity index (χ4v) is 4.47. The summed E-state index contributed by atoms with van der Waals surface area (Å²) in [6.07, 6.45) is 5.47. The summed E-state index contributed by atoms with van der Waals surface area (Å²) in [6, 6.07) is 10.3. The molecule has 0 radical (unpaired) electrons. The predicted molar refractivity (Wildman–Crippen MR) is 93.8 cm³/mol. The van der Waals surface area contributed by atoms with Crippen molar-refractivity contribution in [2.45, 2.75) is 31.2 Å². The molecule has 6 heteroatoms. The third-order valence-electron chi connectivity index (χ3n) is 5.59. The van der Waals surface area contributed by atoms with Crippen LogP contribution < -0.4 is 5.73 Å². The summed E-state index contributed by atoms with van der Waals surface area (Å²) in [5.74, 6) is 2.69. The maximum Gasteiger partial charge on any atom is 0.231 e. The molecule has 24 heavy (non-hydrogen) atoms. The molecular formula is C18H19ClN4O.